The number of aromatic carboxylic acids is 2. The molecule has 0 aliphatic heterocycles. The molecule has 0 spiro atoms. The minimum atomic E-state index is -0.901. The zero-order valence-corrected chi connectivity index (χ0v) is 80.5. The highest BCUT2D eigenvalue weighted by molar-refractivity contribution is 5.88. The first-order valence-electron chi connectivity index (χ1n) is 50.0. The van der Waals surface area contributed by atoms with Gasteiger partial charge in [0.2, 0.25) is 0 Å². The van der Waals surface area contributed by atoms with E-state index >= 15 is 0 Å². The van der Waals surface area contributed by atoms with Crippen LogP contribution < -0.4 is 42.6 Å². The summed E-state index contributed by atoms with van der Waals surface area (Å²) < 4.78 is 51.1. The van der Waals surface area contributed by atoms with Crippen molar-refractivity contribution in [1.29, 1.82) is 0 Å². The molecule has 138 heavy (non-hydrogen) atoms. The van der Waals surface area contributed by atoms with Crippen LogP contribution in [0.5, 0.6) is 51.7 Å². The molecular weight excluding hydrogens is 1760 g/mol. The van der Waals surface area contributed by atoms with Gasteiger partial charge < -0.3 is 83.5 Å². The van der Waals surface area contributed by atoms with Gasteiger partial charge in [-0.1, -0.05) is 163 Å². The average Bonchev–Trinajstić information content (AvgIpc) is 1.22. The SMILES string of the molecule is COc1cc(CC(=O)O)ccc1OCC1CCCCC1.O=C(O)CCc1ccc(OCC2CCC2)cc1.O=C(O)CCc1ccc(OCC2CCCCC2)cc1.O=C(O)CCc1ccccc1OCC1CC1.O=C(O)Cc1ccc(OCC2CCC2)cc1.O=C(O)Cc1ccc(OCC2CCCCC2)cc1.O=C(O)c1ccc(OC2CCCC2)cc1.O=C(O)c1ccc(OCC2CCCCC2)cc1. The number of hydrogen-bond acceptors (Lipinski definition) is 17. The minimum absolute atomic E-state index is 0.000729. The number of hydrogen-bond donors (Lipinski definition) is 8. The smallest absolute Gasteiger partial charge is 0.335 e. The number of ether oxygens (including phenoxy) is 9. The Morgan fingerprint density at radius 2 is 0.522 bits per heavy atom. The average molecular weight is 1900 g/mol. The van der Waals surface area contributed by atoms with Gasteiger partial charge in [0.15, 0.2) is 11.5 Å². The van der Waals surface area contributed by atoms with E-state index in [1.807, 2.05) is 121 Å². The van der Waals surface area contributed by atoms with Crippen LogP contribution >= 0.6 is 0 Å². The Bertz CT molecular complexity index is 4840. The third-order valence-corrected chi connectivity index (χ3v) is 26.1. The predicted molar refractivity (Wildman–Crippen MR) is 529 cm³/mol. The molecule has 8 aromatic rings. The molecule has 0 aromatic heterocycles. The van der Waals surface area contributed by atoms with Crippen molar-refractivity contribution >= 4 is 47.8 Å². The molecule has 8 aliphatic carbocycles. The van der Waals surface area contributed by atoms with Crippen molar-refractivity contribution in [2.75, 3.05) is 53.4 Å². The molecule has 8 N–H and O–H groups in total. The highest BCUT2D eigenvalue weighted by Gasteiger charge is 2.25. The number of aliphatic carboxylic acids is 6. The van der Waals surface area contributed by atoms with Crippen LogP contribution in [0.1, 0.15) is 279 Å². The van der Waals surface area contributed by atoms with Crippen molar-refractivity contribution < 1.29 is 122 Å². The summed E-state index contributed by atoms with van der Waals surface area (Å²) >= 11 is 0. The molecule has 8 saturated carbocycles. The molecule has 0 bridgehead atoms. The van der Waals surface area contributed by atoms with Gasteiger partial charge in [0.05, 0.1) is 89.9 Å². The highest BCUT2D eigenvalue weighted by Crippen LogP contribution is 2.36. The van der Waals surface area contributed by atoms with Crippen molar-refractivity contribution in [2.45, 2.75) is 269 Å². The first kappa shape index (κ1) is 109. The van der Waals surface area contributed by atoms with Gasteiger partial charge in [0, 0.05) is 19.3 Å². The molecule has 748 valence electrons. The fraction of sp³-hybridized carbons (Fsp3) is 0.504. The summed E-state index contributed by atoms with van der Waals surface area (Å²) in [7, 11) is 1.58. The number of aryl methyl sites for hydroxylation is 3. The summed E-state index contributed by atoms with van der Waals surface area (Å²) in [5, 5.41) is 69.5. The van der Waals surface area contributed by atoms with Crippen molar-refractivity contribution in [3.05, 3.63) is 233 Å². The summed E-state index contributed by atoms with van der Waals surface area (Å²) in [6, 6.07) is 56.5. The Morgan fingerprint density at radius 3 is 0.833 bits per heavy atom. The molecule has 0 amide bonds. The number of carboxylic acids is 8. The Labute approximate surface area is 813 Å². The topological polar surface area (TPSA) is 381 Å². The third kappa shape index (κ3) is 45.8. The van der Waals surface area contributed by atoms with Crippen LogP contribution in [0.15, 0.2) is 188 Å². The number of rotatable bonds is 41. The maximum Gasteiger partial charge on any atom is 0.335 e. The van der Waals surface area contributed by atoms with Gasteiger partial charge in [-0.25, -0.2) is 9.59 Å². The molecule has 0 radical (unpaired) electrons. The van der Waals surface area contributed by atoms with Crippen LogP contribution in [-0.2, 0) is 67.3 Å². The maximum atomic E-state index is 10.7. The normalized spacial score (nSPS) is 15.9. The molecule has 0 unspecified atom stereocenters. The van der Waals surface area contributed by atoms with Crippen LogP contribution in [0.2, 0.25) is 0 Å². The van der Waals surface area contributed by atoms with Gasteiger partial charge >= 0.3 is 47.8 Å². The van der Waals surface area contributed by atoms with Crippen LogP contribution in [0, 0.1) is 41.4 Å². The highest BCUT2D eigenvalue weighted by atomic mass is 16.5. The summed E-state index contributed by atoms with van der Waals surface area (Å²) in [6.07, 6.45) is 43.8. The monoisotopic (exact) mass is 1900 g/mol. The van der Waals surface area contributed by atoms with Crippen molar-refractivity contribution in [2.24, 2.45) is 41.4 Å². The zero-order valence-electron chi connectivity index (χ0n) is 80.5. The second-order valence-corrected chi connectivity index (χ2v) is 37.5. The van der Waals surface area contributed by atoms with Gasteiger partial charge in [-0.05, 0) is 325 Å². The standard InChI is InChI=1S/C16H22O4.C16H22O3.C15H20O3.2C14H18O3.2C13H16O3.C12H14O3/c1-19-15-9-13(10-16(17)18)7-8-14(15)20-11-12-5-3-2-4-6-12;17-16(18)11-8-13-6-9-15(10-7-13)19-12-14-4-2-1-3-5-14;16-15(17)10-12-6-8-14(9-7-12)18-11-13-4-2-1-3-5-13;15-14(16)9-6-11-4-7-13(8-5-11)17-10-12-2-1-3-12;15-14(16)12-6-8-13(9-7-12)17-10-11-4-2-1-3-5-11;14-13(15)8-10-4-6-12(7-5-10)16-9-11-2-1-3-11;14-13(15)8-7-11-3-1-2-4-12(11)16-9-10-5-6-10;13-12(14)9-5-7-11(8-6-9)15-10-3-1-2-4-10/h7-9,12H,2-6,10-11H2,1H3,(H,17,18);6-7,9-10,14H,1-5,8,11-12H2,(H,17,18);6-9,13H,1-5,10-11H2,(H,16,17);4-5,7-8,12H,1-3,6,9-10H2,(H,15,16);6-9,11H,1-5,10H2,(H,15,16);4-7,11H,1-3,8-9H2,(H,14,15);1-4,10H,5-9H2,(H,14,15);5-8,10H,1-4H2,(H,13,14). The Morgan fingerprint density at radius 1 is 0.246 bits per heavy atom. The predicted octanol–water partition coefficient (Wildman–Crippen LogP) is 24.1. The Kier molecular flexibility index (Phi) is 49.6. The Balaban J connectivity index is 0.000000177. The summed E-state index contributed by atoms with van der Waals surface area (Å²) in [4.78, 5) is 84.5. The first-order chi connectivity index (χ1) is 66.9. The molecule has 8 aliphatic rings. The van der Waals surface area contributed by atoms with E-state index in [0.717, 1.165) is 138 Å². The molecule has 8 aromatic carbocycles. The van der Waals surface area contributed by atoms with Gasteiger partial charge in [-0.15, -0.1) is 0 Å². The van der Waals surface area contributed by atoms with E-state index < -0.39 is 47.8 Å². The quantitative estimate of drug-likeness (QED) is 0.0176. The van der Waals surface area contributed by atoms with Crippen LogP contribution in [-0.4, -0.2) is 148 Å². The second kappa shape index (κ2) is 62.5. The lowest BCUT2D eigenvalue weighted by atomic mass is 9.86. The van der Waals surface area contributed by atoms with Crippen LogP contribution in [0.3, 0.4) is 0 Å². The van der Waals surface area contributed by atoms with E-state index in [0.29, 0.717) is 84.2 Å². The summed E-state index contributed by atoms with van der Waals surface area (Å²) in [6.45, 7) is 5.45. The van der Waals surface area contributed by atoms with Crippen molar-refractivity contribution in [3.63, 3.8) is 0 Å². The van der Waals surface area contributed by atoms with Crippen LogP contribution in [0.25, 0.3) is 0 Å². The molecule has 25 heteroatoms. The molecule has 0 saturated heterocycles. The van der Waals surface area contributed by atoms with Crippen LogP contribution in [0.4, 0.5) is 0 Å². The van der Waals surface area contributed by atoms with E-state index in [2.05, 4.69) is 0 Å². The number of carboxylic acid groups (broad SMARTS) is 8. The van der Waals surface area contributed by atoms with Gasteiger partial charge in [-0.2, -0.15) is 0 Å². The van der Waals surface area contributed by atoms with E-state index in [4.69, 9.17) is 83.5 Å². The maximum absolute atomic E-state index is 10.7. The molecule has 25 nitrogen and oxygen atoms in total. The minimum Gasteiger partial charge on any atom is -0.493 e. The summed E-state index contributed by atoms with van der Waals surface area (Å²) in [5.41, 5.74) is 6.03. The fourth-order valence-corrected chi connectivity index (χ4v) is 17.0. The van der Waals surface area contributed by atoms with Gasteiger partial charge in [0.25, 0.3) is 0 Å². The molecule has 0 heterocycles. The third-order valence-electron chi connectivity index (χ3n) is 26.1. The van der Waals surface area contributed by atoms with Gasteiger partial charge in [0.1, 0.15) is 40.2 Å². The zero-order chi connectivity index (χ0) is 98.3. The molecule has 0 atom stereocenters. The van der Waals surface area contributed by atoms with E-state index in [1.54, 1.807) is 73.8 Å². The second-order valence-electron chi connectivity index (χ2n) is 37.5. The number of carbonyl (C=O) groups is 8. The number of benzene rings is 8. The molecule has 8 fully saturated rings. The summed E-state index contributed by atoms with van der Waals surface area (Å²) in [5.74, 6) is 5.50. The largest absolute Gasteiger partial charge is 0.493 e. The molecule has 16 rings (SSSR count). The van der Waals surface area contributed by atoms with E-state index in [9.17, 15) is 38.4 Å². The Hall–Kier alpha value is -12.3. The molecular formula is C113H146O25. The van der Waals surface area contributed by atoms with Gasteiger partial charge in [-0.3, -0.25) is 28.8 Å². The lowest BCUT2D eigenvalue weighted by Gasteiger charge is -2.25. The fourth-order valence-electron chi connectivity index (χ4n) is 17.0. The lowest BCUT2D eigenvalue weighted by molar-refractivity contribution is -0.138. The van der Waals surface area contributed by atoms with E-state index in [1.165, 1.54) is 193 Å². The first-order valence-corrected chi connectivity index (χ1v) is 50.0. The number of para-hydroxylation sites is 1. The van der Waals surface area contributed by atoms with Crippen molar-refractivity contribution in [1.82, 2.24) is 0 Å². The lowest BCUT2D eigenvalue weighted by Crippen LogP contribution is -2.19. The van der Waals surface area contributed by atoms with E-state index in [-0.39, 0.29) is 38.5 Å². The number of methoxy groups -OCH3 is 1. The van der Waals surface area contributed by atoms with Crippen molar-refractivity contribution in [3.8, 4) is 51.7 Å².